The van der Waals surface area contributed by atoms with E-state index < -0.39 is 0 Å². The van der Waals surface area contributed by atoms with Crippen LogP contribution in [0.5, 0.6) is 0 Å². The van der Waals surface area contributed by atoms with E-state index in [-0.39, 0.29) is 24.8 Å². The fraction of sp³-hybridized carbons (Fsp3) is 0.0930. The van der Waals surface area contributed by atoms with Crippen molar-refractivity contribution in [2.75, 3.05) is 0 Å². The van der Waals surface area contributed by atoms with E-state index >= 15 is 0 Å². The van der Waals surface area contributed by atoms with Gasteiger partial charge in [-0.1, -0.05) is 154 Å². The zero-order valence-electron chi connectivity index (χ0n) is 26.2. The molecule has 0 heterocycles. The average Bonchev–Trinajstić information content (AvgIpc) is 3.44. The molecule has 0 unspecified atom stereocenters. The number of rotatable bonds is 2. The number of fused-ring (bicyclic) bond motifs is 4. The summed E-state index contributed by atoms with van der Waals surface area (Å²) in [5.74, 6) is 2.88. The zero-order chi connectivity index (χ0) is 30.3. The number of benzene rings is 4. The van der Waals surface area contributed by atoms with Gasteiger partial charge in [-0.25, -0.2) is 0 Å². The molecule has 4 aliphatic rings. The zero-order valence-corrected chi connectivity index (χ0v) is 30.2. The summed E-state index contributed by atoms with van der Waals surface area (Å²) in [6.45, 7) is 4.25. The van der Waals surface area contributed by atoms with Crippen LogP contribution >= 0.6 is 0 Å². The second kappa shape index (κ2) is 16.8. The first kappa shape index (κ1) is 35.3. The van der Waals surface area contributed by atoms with Crippen molar-refractivity contribution in [2.24, 2.45) is 0 Å². The Morgan fingerprint density at radius 3 is 1.35 bits per heavy atom. The minimum atomic E-state index is 0. The van der Waals surface area contributed by atoms with E-state index in [2.05, 4.69) is 172 Å². The molecule has 0 spiro atoms. The van der Waals surface area contributed by atoms with Gasteiger partial charge in [0.15, 0.2) is 0 Å². The van der Waals surface area contributed by atoms with Crippen LogP contribution in [0.2, 0.25) is 0 Å². The second-order valence-corrected chi connectivity index (χ2v) is 13.8. The van der Waals surface area contributed by atoms with Crippen LogP contribution in [0.1, 0.15) is 37.8 Å². The summed E-state index contributed by atoms with van der Waals surface area (Å²) in [4.78, 5) is 0. The molecule has 0 radical (unpaired) electrons. The maximum Gasteiger partial charge on any atom is -1.00 e. The Morgan fingerprint density at radius 1 is 0.522 bits per heavy atom. The predicted octanol–water partition coefficient (Wildman–Crippen LogP) is 5.04. The molecule has 228 valence electrons. The molecule has 0 fully saturated rings. The normalized spacial score (nSPS) is 15.3. The van der Waals surface area contributed by atoms with Gasteiger partial charge in [0.1, 0.15) is 0 Å². The summed E-state index contributed by atoms with van der Waals surface area (Å²) in [5.41, 5.74) is 8.15. The third-order valence-electron chi connectivity index (χ3n) is 8.08. The van der Waals surface area contributed by atoms with Crippen LogP contribution in [0, 0.1) is 11.8 Å². The van der Waals surface area contributed by atoms with Gasteiger partial charge < -0.3 is 24.8 Å². The Bertz CT molecular complexity index is 1810. The Balaban J connectivity index is 0.000000180. The van der Waals surface area contributed by atoms with Gasteiger partial charge in [0.2, 0.25) is 0 Å². The smallest absolute Gasteiger partial charge is 1.00 e. The quantitative estimate of drug-likeness (QED) is 0.256. The minimum Gasteiger partial charge on any atom is -1.00 e. The van der Waals surface area contributed by atoms with E-state index in [0.29, 0.717) is 0 Å². The molecule has 4 aromatic carbocycles. The summed E-state index contributed by atoms with van der Waals surface area (Å²) >= 11 is 1.55. The molecule has 3 heteroatoms. The largest absolute Gasteiger partial charge is 1.00 e. The fourth-order valence-electron chi connectivity index (χ4n) is 6.16. The minimum absolute atomic E-state index is 0. The van der Waals surface area contributed by atoms with Crippen LogP contribution in [0.15, 0.2) is 180 Å². The monoisotopic (exact) mass is 712 g/mol. The molecule has 8 rings (SSSR count). The van der Waals surface area contributed by atoms with Crippen LogP contribution in [-0.2, 0) is 24.2 Å². The maximum atomic E-state index is 2.33. The van der Waals surface area contributed by atoms with Crippen molar-refractivity contribution >= 4 is 24.8 Å². The molecule has 0 saturated heterocycles. The van der Waals surface area contributed by atoms with E-state index in [4.69, 9.17) is 0 Å². The number of allylic oxidation sites excluding steroid dienone is 16. The molecular formula is C43H36Cl2Zr-2. The first-order valence-electron chi connectivity index (χ1n) is 15.3. The van der Waals surface area contributed by atoms with Crippen molar-refractivity contribution in [1.82, 2.24) is 0 Å². The van der Waals surface area contributed by atoms with Crippen LogP contribution in [0.4, 0.5) is 0 Å². The van der Waals surface area contributed by atoms with Crippen LogP contribution in [0.25, 0.3) is 21.5 Å². The molecule has 0 amide bonds. The van der Waals surface area contributed by atoms with Crippen LogP contribution in [0.3, 0.4) is 0 Å². The molecule has 0 bridgehead atoms. The Morgan fingerprint density at radius 2 is 0.913 bits per heavy atom. The number of hydrogen-bond donors (Lipinski definition) is 0. The third kappa shape index (κ3) is 8.02. The summed E-state index contributed by atoms with van der Waals surface area (Å²) in [6.07, 6.45) is 28.2. The van der Waals surface area contributed by atoms with Crippen LogP contribution < -0.4 is 24.8 Å². The van der Waals surface area contributed by atoms with Gasteiger partial charge >= 0.3 is 41.3 Å². The summed E-state index contributed by atoms with van der Waals surface area (Å²) < 4.78 is 1.51. The van der Waals surface area contributed by atoms with E-state index in [9.17, 15) is 0 Å². The standard InChI is InChI=1S/2C20H15.C3H6.2ClH.Zr/c2*1-2-7-16-13-14-20(18(16)10-3-1)19-12-6-9-15-8-4-5-11-17(15)19;1-3-2;;;/h2*1-13H,14H2;1-2H3;2*1H;/q2*-1;;;;+2/p-2. The molecule has 0 aromatic heterocycles. The first-order valence-corrected chi connectivity index (χ1v) is 16.5. The topological polar surface area (TPSA) is 0 Å². The van der Waals surface area contributed by atoms with Gasteiger partial charge in [-0.3, -0.25) is 0 Å². The molecule has 4 aliphatic carbocycles. The molecule has 0 atom stereocenters. The van der Waals surface area contributed by atoms with Gasteiger partial charge in [0.05, 0.1) is 0 Å². The predicted molar refractivity (Wildman–Crippen MR) is 187 cm³/mol. The van der Waals surface area contributed by atoms with Crippen molar-refractivity contribution in [3.8, 4) is 0 Å². The van der Waals surface area contributed by atoms with E-state index in [1.165, 1.54) is 70.0 Å². The molecule has 0 N–H and O–H groups in total. The average molecular weight is 715 g/mol. The van der Waals surface area contributed by atoms with Gasteiger partial charge in [-0.15, -0.1) is 70.5 Å². The summed E-state index contributed by atoms with van der Waals surface area (Å²) in [5, 5.41) is 5.31. The number of hydrogen-bond acceptors (Lipinski definition) is 0. The van der Waals surface area contributed by atoms with Crippen molar-refractivity contribution in [3.05, 3.63) is 203 Å². The van der Waals surface area contributed by atoms with Crippen molar-refractivity contribution < 1.29 is 49.0 Å². The maximum absolute atomic E-state index is 2.33. The van der Waals surface area contributed by atoms with E-state index in [1.54, 1.807) is 24.2 Å². The Labute approximate surface area is 301 Å². The third-order valence-corrected chi connectivity index (χ3v) is 8.08. The molecule has 4 aromatic rings. The molecule has 0 aliphatic heterocycles. The van der Waals surface area contributed by atoms with E-state index in [1.807, 2.05) is 0 Å². The molecular weight excluding hydrogens is 679 g/mol. The van der Waals surface area contributed by atoms with Crippen molar-refractivity contribution in [3.63, 3.8) is 0 Å². The van der Waals surface area contributed by atoms with Gasteiger partial charge in [0.25, 0.3) is 0 Å². The molecule has 0 saturated carbocycles. The van der Waals surface area contributed by atoms with Gasteiger partial charge in [-0.05, 0) is 12.8 Å². The Kier molecular flexibility index (Phi) is 12.9. The summed E-state index contributed by atoms with van der Waals surface area (Å²) in [6, 6.07) is 30.4. The van der Waals surface area contributed by atoms with E-state index in [0.717, 1.165) is 12.8 Å². The Hall–Kier alpha value is -3.61. The summed E-state index contributed by atoms with van der Waals surface area (Å²) in [7, 11) is 0. The molecule has 0 nitrogen and oxygen atoms in total. The SMILES string of the molecule is C1=CC=C2C(=CC[C-]2c2cccc3ccccc23)C=C1.C1=CC=C2C(=CC[C-]2c2cccc3ccccc23)C=C1.C[C](C)=[Zr+2].[Cl-].[Cl-]. The van der Waals surface area contributed by atoms with Crippen molar-refractivity contribution in [2.45, 2.75) is 26.7 Å². The van der Waals surface area contributed by atoms with Crippen LogP contribution in [-0.4, -0.2) is 3.21 Å². The fourth-order valence-corrected chi connectivity index (χ4v) is 6.16. The number of halogens is 2. The van der Waals surface area contributed by atoms with Gasteiger partial charge in [0, 0.05) is 0 Å². The van der Waals surface area contributed by atoms with Crippen molar-refractivity contribution in [1.29, 1.82) is 0 Å². The second-order valence-electron chi connectivity index (χ2n) is 11.4. The first-order chi connectivity index (χ1) is 21.6. The molecule has 46 heavy (non-hydrogen) atoms. The van der Waals surface area contributed by atoms with Gasteiger partial charge in [-0.2, -0.15) is 0 Å².